The van der Waals surface area contributed by atoms with Gasteiger partial charge in [0.15, 0.2) is 0 Å². The molecule has 0 heterocycles. The largest absolute Gasteiger partial charge is 0.458 e. The van der Waals surface area contributed by atoms with Crippen LogP contribution in [0.3, 0.4) is 0 Å². The molecule has 0 rings (SSSR count). The highest BCUT2D eigenvalue weighted by Gasteiger charge is 2.28. The molecule has 0 aliphatic heterocycles. The highest BCUT2D eigenvalue weighted by molar-refractivity contribution is 5.76. The molecule has 0 amide bonds. The quantitative estimate of drug-likeness (QED) is 0.623. The average molecular weight is 189 g/mol. The molecule has 0 bridgehead atoms. The number of esters is 1. The van der Waals surface area contributed by atoms with Gasteiger partial charge in [-0.1, -0.05) is 13.8 Å². The van der Waals surface area contributed by atoms with Crippen molar-refractivity contribution in [1.82, 2.24) is 0 Å². The highest BCUT2D eigenvalue weighted by atomic mass is 16.6. The van der Waals surface area contributed by atoms with Crippen LogP contribution in [-0.2, 0) is 9.53 Å². The van der Waals surface area contributed by atoms with Crippen LogP contribution in [0.2, 0.25) is 0 Å². The molecule has 13 heavy (non-hydrogen) atoms. The maximum atomic E-state index is 11.2. The number of ether oxygens (including phenoxy) is 1. The smallest absolute Gasteiger partial charge is 0.325 e. The van der Waals surface area contributed by atoms with Crippen LogP contribution in [0.25, 0.3) is 0 Å². The van der Waals surface area contributed by atoms with Crippen molar-refractivity contribution in [1.29, 1.82) is 0 Å². The summed E-state index contributed by atoms with van der Waals surface area (Å²) in [6.45, 7) is 7.17. The van der Waals surface area contributed by atoms with Crippen LogP contribution in [0, 0.1) is 5.92 Å². The molecule has 0 unspecified atom stereocenters. The second-order valence-corrected chi connectivity index (χ2v) is 3.97. The lowest BCUT2D eigenvalue weighted by Gasteiger charge is -2.30. The molecular weight excluding hydrogens is 170 g/mol. The number of hydrogen-bond donors (Lipinski definition) is 2. The van der Waals surface area contributed by atoms with Crippen molar-refractivity contribution in [3.63, 3.8) is 0 Å². The summed E-state index contributed by atoms with van der Waals surface area (Å²) in [5.41, 5.74) is 4.76. The first-order chi connectivity index (χ1) is 5.81. The molecule has 0 spiro atoms. The van der Waals surface area contributed by atoms with Gasteiger partial charge in [-0.25, -0.2) is 0 Å². The standard InChI is InChI=1S/C9H19NO3/c1-6(2)9(3,4)13-8(12)7(10)5-11/h6-7,11H,5,10H2,1-4H3/t7-/m1/s1. The molecule has 0 aliphatic rings. The zero-order valence-electron chi connectivity index (χ0n) is 8.70. The molecule has 0 fully saturated rings. The van der Waals surface area contributed by atoms with Gasteiger partial charge in [-0.2, -0.15) is 0 Å². The second-order valence-electron chi connectivity index (χ2n) is 3.97. The lowest BCUT2D eigenvalue weighted by atomic mass is 9.94. The van der Waals surface area contributed by atoms with Gasteiger partial charge in [-0.05, 0) is 19.8 Å². The van der Waals surface area contributed by atoms with Gasteiger partial charge >= 0.3 is 5.97 Å². The molecule has 0 aromatic rings. The molecule has 0 aromatic heterocycles. The van der Waals surface area contributed by atoms with E-state index >= 15 is 0 Å². The van der Waals surface area contributed by atoms with Crippen molar-refractivity contribution in [2.24, 2.45) is 11.7 Å². The second kappa shape index (κ2) is 4.58. The molecule has 4 nitrogen and oxygen atoms in total. The number of carbonyl (C=O) groups is 1. The molecule has 0 saturated carbocycles. The maximum absolute atomic E-state index is 11.2. The third-order valence-corrected chi connectivity index (χ3v) is 2.25. The third-order valence-electron chi connectivity index (χ3n) is 2.25. The van der Waals surface area contributed by atoms with Crippen molar-refractivity contribution in [2.45, 2.75) is 39.3 Å². The summed E-state index contributed by atoms with van der Waals surface area (Å²) < 4.78 is 5.13. The Hall–Kier alpha value is -0.610. The first-order valence-corrected chi connectivity index (χ1v) is 4.40. The zero-order valence-corrected chi connectivity index (χ0v) is 8.70. The van der Waals surface area contributed by atoms with E-state index in [4.69, 9.17) is 15.6 Å². The third kappa shape index (κ3) is 3.74. The van der Waals surface area contributed by atoms with E-state index in [-0.39, 0.29) is 12.5 Å². The van der Waals surface area contributed by atoms with Crippen molar-refractivity contribution in [2.75, 3.05) is 6.61 Å². The van der Waals surface area contributed by atoms with Crippen molar-refractivity contribution in [3.8, 4) is 0 Å². The lowest BCUT2D eigenvalue weighted by molar-refractivity contribution is -0.163. The Morgan fingerprint density at radius 2 is 2.00 bits per heavy atom. The van der Waals surface area contributed by atoms with E-state index in [9.17, 15) is 4.79 Å². The lowest BCUT2D eigenvalue weighted by Crippen LogP contribution is -2.42. The minimum Gasteiger partial charge on any atom is -0.458 e. The summed E-state index contributed by atoms with van der Waals surface area (Å²) in [5.74, 6) is -0.344. The number of aliphatic hydroxyl groups is 1. The number of hydrogen-bond acceptors (Lipinski definition) is 4. The topological polar surface area (TPSA) is 72.5 Å². The van der Waals surface area contributed by atoms with E-state index < -0.39 is 17.6 Å². The van der Waals surface area contributed by atoms with Gasteiger partial charge < -0.3 is 15.6 Å². The summed E-state index contributed by atoms with van der Waals surface area (Å²) in [7, 11) is 0. The van der Waals surface area contributed by atoms with E-state index in [2.05, 4.69) is 0 Å². The fourth-order valence-corrected chi connectivity index (χ4v) is 0.527. The fraction of sp³-hybridized carbons (Fsp3) is 0.889. The summed E-state index contributed by atoms with van der Waals surface area (Å²) in [5, 5.41) is 8.61. The molecular formula is C9H19NO3. The summed E-state index contributed by atoms with van der Waals surface area (Å²) >= 11 is 0. The van der Waals surface area contributed by atoms with Crippen molar-refractivity contribution in [3.05, 3.63) is 0 Å². The molecule has 78 valence electrons. The molecule has 0 saturated heterocycles. The van der Waals surface area contributed by atoms with Crippen LogP contribution in [0.15, 0.2) is 0 Å². The SMILES string of the molecule is CC(C)C(C)(C)OC(=O)[C@H](N)CO. The molecule has 0 aliphatic carbocycles. The first-order valence-electron chi connectivity index (χ1n) is 4.40. The predicted molar refractivity (Wildman–Crippen MR) is 50.1 cm³/mol. The Labute approximate surface area is 79.1 Å². The fourth-order valence-electron chi connectivity index (χ4n) is 0.527. The van der Waals surface area contributed by atoms with Gasteiger partial charge in [0.25, 0.3) is 0 Å². The van der Waals surface area contributed by atoms with Crippen LogP contribution in [0.1, 0.15) is 27.7 Å². The molecule has 3 N–H and O–H groups in total. The van der Waals surface area contributed by atoms with Crippen LogP contribution in [0.5, 0.6) is 0 Å². The van der Waals surface area contributed by atoms with Gasteiger partial charge in [0, 0.05) is 0 Å². The molecule has 0 radical (unpaired) electrons. The molecule has 1 atom stereocenters. The number of carbonyl (C=O) groups excluding carboxylic acids is 1. The van der Waals surface area contributed by atoms with Gasteiger partial charge in [-0.3, -0.25) is 4.79 Å². The Morgan fingerprint density at radius 3 is 2.31 bits per heavy atom. The van der Waals surface area contributed by atoms with Crippen LogP contribution >= 0.6 is 0 Å². The van der Waals surface area contributed by atoms with E-state index in [1.54, 1.807) is 0 Å². The predicted octanol–water partition coefficient (Wildman–Crippen LogP) is 0.284. The Bertz CT molecular complexity index is 178. The van der Waals surface area contributed by atoms with Gasteiger partial charge in [0.2, 0.25) is 0 Å². The van der Waals surface area contributed by atoms with Crippen LogP contribution < -0.4 is 5.73 Å². The average Bonchev–Trinajstić information content (AvgIpc) is 2.01. The van der Waals surface area contributed by atoms with Gasteiger partial charge in [-0.15, -0.1) is 0 Å². The summed E-state index contributed by atoms with van der Waals surface area (Å²) in [6.07, 6.45) is 0. The van der Waals surface area contributed by atoms with E-state index in [1.165, 1.54) is 0 Å². The van der Waals surface area contributed by atoms with Crippen LogP contribution in [0.4, 0.5) is 0 Å². The first kappa shape index (κ1) is 12.4. The van der Waals surface area contributed by atoms with Crippen molar-refractivity contribution < 1.29 is 14.6 Å². The number of aliphatic hydroxyl groups excluding tert-OH is 1. The summed E-state index contributed by atoms with van der Waals surface area (Å²) in [4.78, 5) is 11.2. The summed E-state index contributed by atoms with van der Waals surface area (Å²) in [6, 6.07) is -0.932. The molecule has 0 aromatic carbocycles. The molecule has 4 heteroatoms. The zero-order chi connectivity index (χ0) is 10.6. The highest BCUT2D eigenvalue weighted by Crippen LogP contribution is 2.20. The van der Waals surface area contributed by atoms with Gasteiger partial charge in [0.05, 0.1) is 6.61 Å². The number of nitrogens with two attached hydrogens (primary N) is 1. The number of rotatable bonds is 4. The Balaban J connectivity index is 4.19. The Morgan fingerprint density at radius 1 is 1.54 bits per heavy atom. The van der Waals surface area contributed by atoms with E-state index in [1.807, 2.05) is 27.7 Å². The van der Waals surface area contributed by atoms with Crippen LogP contribution in [-0.4, -0.2) is 29.3 Å². The monoisotopic (exact) mass is 189 g/mol. The normalized spacial score (nSPS) is 14.4. The van der Waals surface area contributed by atoms with Crippen molar-refractivity contribution >= 4 is 5.97 Å². The maximum Gasteiger partial charge on any atom is 0.325 e. The minimum absolute atomic E-state index is 0.211. The Kier molecular flexibility index (Phi) is 4.36. The minimum atomic E-state index is -0.932. The van der Waals surface area contributed by atoms with E-state index in [0.717, 1.165) is 0 Å². The van der Waals surface area contributed by atoms with Gasteiger partial charge in [0.1, 0.15) is 11.6 Å². The van der Waals surface area contributed by atoms with E-state index in [0.29, 0.717) is 0 Å².